The van der Waals surface area contributed by atoms with Crippen molar-refractivity contribution in [1.82, 2.24) is 15.3 Å². The van der Waals surface area contributed by atoms with Gasteiger partial charge in [0.05, 0.1) is 11.2 Å². The molecule has 112 valence electrons. The summed E-state index contributed by atoms with van der Waals surface area (Å²) in [6, 6.07) is 0. The number of rotatable bonds is 8. The van der Waals surface area contributed by atoms with Crippen molar-refractivity contribution in [2.75, 3.05) is 18.6 Å². The van der Waals surface area contributed by atoms with Gasteiger partial charge in [0.25, 0.3) is 5.91 Å². The number of unbranched alkanes of at least 4 members (excludes halogenated alkanes) is 2. The highest BCUT2D eigenvalue weighted by molar-refractivity contribution is 7.98. The number of nitrogens with zero attached hydrogens (tertiary/aromatic N) is 2. The van der Waals surface area contributed by atoms with Crippen LogP contribution in [-0.4, -0.2) is 34.4 Å². The fourth-order valence-corrected chi connectivity index (χ4v) is 2.32. The number of aromatic nitrogens is 2. The molecule has 1 aromatic rings. The van der Waals surface area contributed by atoms with E-state index >= 15 is 0 Å². The molecule has 6 heteroatoms. The SMILES string of the molecule is CSCCCCCNC(=O)c1nc(C(C)C)ncc1Cl. The summed E-state index contributed by atoms with van der Waals surface area (Å²) >= 11 is 7.84. The third kappa shape index (κ3) is 5.67. The molecular formula is C14H22ClN3OS. The number of amides is 1. The molecule has 0 saturated heterocycles. The van der Waals surface area contributed by atoms with Crippen molar-refractivity contribution < 1.29 is 4.79 Å². The second kappa shape index (κ2) is 9.19. The van der Waals surface area contributed by atoms with Crippen molar-refractivity contribution in [2.45, 2.75) is 39.0 Å². The minimum atomic E-state index is -0.218. The van der Waals surface area contributed by atoms with Crippen LogP contribution in [0.25, 0.3) is 0 Å². The van der Waals surface area contributed by atoms with Gasteiger partial charge in [0.1, 0.15) is 11.5 Å². The lowest BCUT2D eigenvalue weighted by Crippen LogP contribution is -2.26. The van der Waals surface area contributed by atoms with Crippen molar-refractivity contribution in [3.63, 3.8) is 0 Å². The summed E-state index contributed by atoms with van der Waals surface area (Å²) in [4.78, 5) is 20.4. The third-order valence-corrected chi connectivity index (χ3v) is 3.78. The molecule has 0 unspecified atom stereocenters. The molecule has 0 aliphatic rings. The van der Waals surface area contributed by atoms with Crippen LogP contribution in [0.3, 0.4) is 0 Å². The number of thioether (sulfide) groups is 1. The van der Waals surface area contributed by atoms with Crippen LogP contribution in [0.5, 0.6) is 0 Å². The standard InChI is InChI=1S/C14H22ClN3OS/c1-10(2)13-17-9-11(15)12(18-13)14(19)16-7-5-4-6-8-20-3/h9-10H,4-8H2,1-3H3,(H,16,19). The third-order valence-electron chi connectivity index (χ3n) is 2.81. The zero-order chi connectivity index (χ0) is 15.0. The van der Waals surface area contributed by atoms with Crippen LogP contribution < -0.4 is 5.32 Å². The van der Waals surface area contributed by atoms with Gasteiger partial charge in [-0.2, -0.15) is 11.8 Å². The molecule has 0 bridgehead atoms. The molecule has 0 atom stereocenters. The van der Waals surface area contributed by atoms with Gasteiger partial charge < -0.3 is 5.32 Å². The van der Waals surface area contributed by atoms with Crippen LogP contribution in [0.15, 0.2) is 6.20 Å². The van der Waals surface area contributed by atoms with Crippen LogP contribution in [0.4, 0.5) is 0 Å². The molecule has 0 aliphatic carbocycles. The van der Waals surface area contributed by atoms with E-state index < -0.39 is 0 Å². The number of hydrogen-bond donors (Lipinski definition) is 1. The Hall–Kier alpha value is -0.810. The molecule has 0 aromatic carbocycles. The monoisotopic (exact) mass is 315 g/mol. The molecule has 1 N–H and O–H groups in total. The van der Waals surface area contributed by atoms with Gasteiger partial charge in [0.15, 0.2) is 0 Å². The molecule has 1 amide bonds. The lowest BCUT2D eigenvalue weighted by atomic mass is 10.2. The number of nitrogens with one attached hydrogen (secondary N) is 1. The van der Waals surface area contributed by atoms with Crippen LogP contribution in [0.1, 0.15) is 55.3 Å². The van der Waals surface area contributed by atoms with E-state index in [0.29, 0.717) is 17.4 Å². The molecule has 0 aliphatic heterocycles. The van der Waals surface area contributed by atoms with Crippen molar-refractivity contribution in [1.29, 1.82) is 0 Å². The van der Waals surface area contributed by atoms with Gasteiger partial charge in [-0.3, -0.25) is 4.79 Å². The minimum absolute atomic E-state index is 0.172. The minimum Gasteiger partial charge on any atom is -0.351 e. The van der Waals surface area contributed by atoms with Gasteiger partial charge in [-0.1, -0.05) is 31.9 Å². The van der Waals surface area contributed by atoms with Crippen LogP contribution in [0.2, 0.25) is 5.02 Å². The van der Waals surface area contributed by atoms with Gasteiger partial charge in [-0.15, -0.1) is 0 Å². The molecule has 4 nitrogen and oxygen atoms in total. The molecular weight excluding hydrogens is 294 g/mol. The lowest BCUT2D eigenvalue weighted by molar-refractivity contribution is 0.0947. The van der Waals surface area contributed by atoms with E-state index in [0.717, 1.165) is 12.8 Å². The van der Waals surface area contributed by atoms with Gasteiger partial charge in [0, 0.05) is 12.5 Å². The van der Waals surface area contributed by atoms with E-state index in [4.69, 9.17) is 11.6 Å². The second-order valence-corrected chi connectivity index (χ2v) is 6.28. The highest BCUT2D eigenvalue weighted by atomic mass is 35.5. The smallest absolute Gasteiger partial charge is 0.271 e. The first kappa shape index (κ1) is 17.2. The van der Waals surface area contributed by atoms with Crippen molar-refractivity contribution in [3.8, 4) is 0 Å². The summed E-state index contributed by atoms with van der Waals surface area (Å²) in [5.41, 5.74) is 0.273. The first-order valence-corrected chi connectivity index (χ1v) is 8.63. The topological polar surface area (TPSA) is 54.9 Å². The molecule has 1 aromatic heterocycles. The summed E-state index contributed by atoms with van der Waals surface area (Å²) in [6.07, 6.45) is 6.88. The summed E-state index contributed by atoms with van der Waals surface area (Å²) in [7, 11) is 0. The molecule has 1 heterocycles. The second-order valence-electron chi connectivity index (χ2n) is 4.89. The Bertz CT molecular complexity index is 440. The van der Waals surface area contributed by atoms with Crippen LogP contribution >= 0.6 is 23.4 Å². The highest BCUT2D eigenvalue weighted by Gasteiger charge is 2.14. The number of hydrogen-bond acceptors (Lipinski definition) is 4. The van der Waals surface area contributed by atoms with Gasteiger partial charge >= 0.3 is 0 Å². The predicted molar refractivity (Wildman–Crippen MR) is 85.7 cm³/mol. The van der Waals surface area contributed by atoms with E-state index in [1.165, 1.54) is 18.4 Å². The molecule has 1 rings (SSSR count). The molecule has 0 spiro atoms. The number of carbonyl (C=O) groups excluding carboxylic acids is 1. The van der Waals surface area contributed by atoms with Gasteiger partial charge in [0.2, 0.25) is 0 Å². The molecule has 0 fully saturated rings. The molecule has 0 saturated carbocycles. The fraction of sp³-hybridized carbons (Fsp3) is 0.643. The maximum Gasteiger partial charge on any atom is 0.271 e. The van der Waals surface area contributed by atoms with E-state index in [2.05, 4.69) is 21.5 Å². The van der Waals surface area contributed by atoms with Gasteiger partial charge in [-0.05, 0) is 24.9 Å². The highest BCUT2D eigenvalue weighted by Crippen LogP contribution is 2.16. The maximum atomic E-state index is 12.0. The normalized spacial score (nSPS) is 10.8. The maximum absolute atomic E-state index is 12.0. The average molecular weight is 316 g/mol. The van der Waals surface area contributed by atoms with Crippen molar-refractivity contribution in [3.05, 3.63) is 22.7 Å². The Kier molecular flexibility index (Phi) is 7.92. The summed E-state index contributed by atoms with van der Waals surface area (Å²) in [5, 5.41) is 3.16. The average Bonchev–Trinajstić information content (AvgIpc) is 2.42. The summed E-state index contributed by atoms with van der Waals surface area (Å²) in [6.45, 7) is 4.62. The quantitative estimate of drug-likeness (QED) is 0.746. The first-order chi connectivity index (χ1) is 9.56. The van der Waals surface area contributed by atoms with E-state index in [9.17, 15) is 4.79 Å². The van der Waals surface area contributed by atoms with Gasteiger partial charge in [-0.25, -0.2) is 9.97 Å². The Morgan fingerprint density at radius 3 is 2.80 bits per heavy atom. The zero-order valence-corrected chi connectivity index (χ0v) is 13.9. The Morgan fingerprint density at radius 1 is 1.40 bits per heavy atom. The van der Waals surface area contributed by atoms with Crippen LogP contribution in [-0.2, 0) is 0 Å². The fourth-order valence-electron chi connectivity index (χ4n) is 1.65. The Balaban J connectivity index is 2.48. The lowest BCUT2D eigenvalue weighted by Gasteiger charge is -2.09. The summed E-state index contributed by atoms with van der Waals surface area (Å²) < 4.78 is 0. The summed E-state index contributed by atoms with van der Waals surface area (Å²) in [5.74, 6) is 1.76. The number of halogens is 1. The van der Waals surface area contributed by atoms with Crippen LogP contribution in [0, 0.1) is 0 Å². The van der Waals surface area contributed by atoms with E-state index in [1.54, 1.807) is 0 Å². The Morgan fingerprint density at radius 2 is 2.15 bits per heavy atom. The zero-order valence-electron chi connectivity index (χ0n) is 12.3. The molecule has 20 heavy (non-hydrogen) atoms. The van der Waals surface area contributed by atoms with E-state index in [1.807, 2.05) is 25.6 Å². The first-order valence-electron chi connectivity index (χ1n) is 6.85. The number of carbonyl (C=O) groups is 1. The largest absolute Gasteiger partial charge is 0.351 e. The molecule has 0 radical (unpaired) electrons. The Labute approximate surface area is 130 Å². The van der Waals surface area contributed by atoms with Crippen molar-refractivity contribution in [2.24, 2.45) is 0 Å². The predicted octanol–water partition coefficient (Wildman–Crippen LogP) is 3.52. The van der Waals surface area contributed by atoms with Crippen molar-refractivity contribution >= 4 is 29.3 Å². The van der Waals surface area contributed by atoms with E-state index in [-0.39, 0.29) is 17.5 Å².